The van der Waals surface area contributed by atoms with Gasteiger partial charge in [0.1, 0.15) is 0 Å². The lowest BCUT2D eigenvalue weighted by molar-refractivity contribution is -0.117. The molecule has 19 heavy (non-hydrogen) atoms. The van der Waals surface area contributed by atoms with E-state index in [2.05, 4.69) is 35.5 Å². The number of nitrogens with zero attached hydrogens (tertiary/aromatic N) is 2. The molecule has 4 nitrogen and oxygen atoms in total. The van der Waals surface area contributed by atoms with Crippen LogP contribution in [0.1, 0.15) is 11.1 Å². The van der Waals surface area contributed by atoms with Gasteiger partial charge in [-0.25, -0.2) is 0 Å². The molecule has 1 aromatic carbocycles. The number of anilines is 1. The lowest BCUT2D eigenvalue weighted by Crippen LogP contribution is -2.29. The molecule has 2 rings (SSSR count). The van der Waals surface area contributed by atoms with Crippen molar-refractivity contribution in [3.63, 3.8) is 0 Å². The topological polar surface area (TPSA) is 35.6 Å². The molecule has 1 aromatic rings. The molecule has 1 heterocycles. The predicted molar refractivity (Wildman–Crippen MR) is 78.7 cm³/mol. The number of carbonyl (C=O) groups excluding carboxylic acids is 1. The van der Waals surface area contributed by atoms with Gasteiger partial charge in [-0.05, 0) is 37.7 Å². The molecule has 0 aromatic heterocycles. The second kappa shape index (κ2) is 6.17. The Kier molecular flexibility index (Phi) is 4.56. The highest BCUT2D eigenvalue weighted by molar-refractivity contribution is 6.00. The van der Waals surface area contributed by atoms with E-state index in [9.17, 15) is 4.79 Å². The van der Waals surface area contributed by atoms with Crippen molar-refractivity contribution in [3.05, 3.63) is 29.3 Å². The molecule has 0 unspecified atom stereocenters. The fourth-order valence-electron chi connectivity index (χ4n) is 2.41. The highest BCUT2D eigenvalue weighted by Crippen LogP contribution is 2.28. The van der Waals surface area contributed by atoms with Gasteiger partial charge in [0.05, 0.1) is 6.42 Å². The number of fused-ring (bicyclic) bond motifs is 1. The third-order valence-corrected chi connectivity index (χ3v) is 3.75. The molecule has 1 aliphatic rings. The van der Waals surface area contributed by atoms with Crippen molar-refractivity contribution in [3.8, 4) is 0 Å². The van der Waals surface area contributed by atoms with Crippen LogP contribution < -0.4 is 10.2 Å². The minimum atomic E-state index is 0.193. The number of rotatable bonds is 6. The van der Waals surface area contributed by atoms with Crippen molar-refractivity contribution in [2.24, 2.45) is 0 Å². The van der Waals surface area contributed by atoms with Crippen molar-refractivity contribution in [2.75, 3.05) is 45.7 Å². The van der Waals surface area contributed by atoms with Crippen LogP contribution in [-0.4, -0.2) is 51.6 Å². The Balaban J connectivity index is 1.93. The third-order valence-electron chi connectivity index (χ3n) is 3.75. The zero-order chi connectivity index (χ0) is 13.8. The predicted octanol–water partition coefficient (Wildman–Crippen LogP) is 0.899. The van der Waals surface area contributed by atoms with Gasteiger partial charge in [0, 0.05) is 32.4 Å². The molecule has 0 aliphatic carbocycles. The Morgan fingerprint density at radius 1 is 1.37 bits per heavy atom. The van der Waals surface area contributed by atoms with E-state index < -0.39 is 0 Å². The number of likely N-dealkylation sites (N-methyl/N-ethyl adjacent to an activating group) is 3. The van der Waals surface area contributed by atoms with E-state index in [1.54, 1.807) is 4.90 Å². The molecule has 0 bridgehead atoms. The first-order chi connectivity index (χ1) is 9.11. The molecule has 0 fully saturated rings. The molecule has 1 aliphatic heterocycles. The van der Waals surface area contributed by atoms with E-state index in [1.165, 1.54) is 11.1 Å². The van der Waals surface area contributed by atoms with Gasteiger partial charge in [-0.2, -0.15) is 0 Å². The van der Waals surface area contributed by atoms with Gasteiger partial charge in [-0.1, -0.05) is 12.1 Å². The molecule has 0 saturated heterocycles. The summed E-state index contributed by atoms with van der Waals surface area (Å²) in [5.74, 6) is 0.193. The standard InChI is InChI=1S/C15H23N3O/c1-16-7-9-17(2)8-6-12-4-5-14-13(10-12)11-15(19)18(14)3/h4-5,10,16H,6-9,11H2,1-3H3. The van der Waals surface area contributed by atoms with Gasteiger partial charge in [0.15, 0.2) is 0 Å². The normalized spacial score (nSPS) is 14.3. The highest BCUT2D eigenvalue weighted by Gasteiger charge is 2.23. The molecule has 0 spiro atoms. The number of hydrogen-bond acceptors (Lipinski definition) is 3. The van der Waals surface area contributed by atoms with Crippen molar-refractivity contribution in [1.82, 2.24) is 10.2 Å². The molecular weight excluding hydrogens is 238 g/mol. The van der Waals surface area contributed by atoms with Gasteiger partial charge < -0.3 is 15.1 Å². The highest BCUT2D eigenvalue weighted by atomic mass is 16.2. The largest absolute Gasteiger partial charge is 0.318 e. The first-order valence-electron chi connectivity index (χ1n) is 6.83. The molecule has 0 radical (unpaired) electrons. The molecule has 1 N–H and O–H groups in total. The number of nitrogens with one attached hydrogen (secondary N) is 1. The summed E-state index contributed by atoms with van der Waals surface area (Å²) in [6.07, 6.45) is 1.58. The van der Waals surface area contributed by atoms with Crippen LogP contribution in [-0.2, 0) is 17.6 Å². The Bertz CT molecular complexity index is 459. The molecule has 0 saturated carbocycles. The van der Waals surface area contributed by atoms with Gasteiger partial charge in [0.2, 0.25) is 5.91 Å². The molecule has 0 atom stereocenters. The fraction of sp³-hybridized carbons (Fsp3) is 0.533. The van der Waals surface area contributed by atoms with Crippen LogP contribution in [0.25, 0.3) is 0 Å². The summed E-state index contributed by atoms with van der Waals surface area (Å²) >= 11 is 0. The number of amides is 1. The van der Waals surface area contributed by atoms with Crippen molar-refractivity contribution < 1.29 is 4.79 Å². The summed E-state index contributed by atoms with van der Waals surface area (Å²) in [4.78, 5) is 15.7. The van der Waals surface area contributed by atoms with Crippen LogP contribution in [0.2, 0.25) is 0 Å². The van der Waals surface area contributed by atoms with Gasteiger partial charge >= 0.3 is 0 Å². The molecular formula is C15H23N3O. The van der Waals surface area contributed by atoms with Crippen LogP contribution in [0, 0.1) is 0 Å². The fourth-order valence-corrected chi connectivity index (χ4v) is 2.41. The molecule has 4 heteroatoms. The average molecular weight is 261 g/mol. The van der Waals surface area contributed by atoms with Crippen molar-refractivity contribution in [2.45, 2.75) is 12.8 Å². The van der Waals surface area contributed by atoms with E-state index in [0.717, 1.165) is 31.7 Å². The van der Waals surface area contributed by atoms with E-state index in [-0.39, 0.29) is 5.91 Å². The lowest BCUT2D eigenvalue weighted by Gasteiger charge is -2.16. The SMILES string of the molecule is CNCCN(C)CCc1ccc2c(c1)CC(=O)N2C. The summed E-state index contributed by atoms with van der Waals surface area (Å²) in [5, 5.41) is 3.16. The van der Waals surface area contributed by atoms with Gasteiger partial charge in [-0.3, -0.25) is 4.79 Å². The monoisotopic (exact) mass is 261 g/mol. The summed E-state index contributed by atoms with van der Waals surface area (Å²) < 4.78 is 0. The smallest absolute Gasteiger partial charge is 0.231 e. The minimum absolute atomic E-state index is 0.193. The summed E-state index contributed by atoms with van der Waals surface area (Å²) in [5.41, 5.74) is 3.55. The summed E-state index contributed by atoms with van der Waals surface area (Å²) in [6, 6.07) is 6.39. The maximum absolute atomic E-state index is 11.6. The van der Waals surface area contributed by atoms with Crippen molar-refractivity contribution >= 4 is 11.6 Å². The van der Waals surface area contributed by atoms with E-state index >= 15 is 0 Å². The van der Waals surface area contributed by atoms with Crippen LogP contribution >= 0.6 is 0 Å². The van der Waals surface area contributed by atoms with E-state index in [0.29, 0.717) is 6.42 Å². The van der Waals surface area contributed by atoms with Crippen LogP contribution in [0.5, 0.6) is 0 Å². The quantitative estimate of drug-likeness (QED) is 0.826. The molecule has 1 amide bonds. The van der Waals surface area contributed by atoms with Crippen LogP contribution in [0.3, 0.4) is 0 Å². The minimum Gasteiger partial charge on any atom is -0.318 e. The number of benzene rings is 1. The average Bonchev–Trinajstić information content (AvgIpc) is 2.69. The first-order valence-corrected chi connectivity index (χ1v) is 6.83. The Hall–Kier alpha value is -1.39. The Labute approximate surface area is 115 Å². The lowest BCUT2D eigenvalue weighted by atomic mass is 10.1. The zero-order valence-corrected chi connectivity index (χ0v) is 12.1. The Morgan fingerprint density at radius 3 is 2.89 bits per heavy atom. The first kappa shape index (κ1) is 14.0. The van der Waals surface area contributed by atoms with E-state index in [4.69, 9.17) is 0 Å². The number of carbonyl (C=O) groups is 1. The van der Waals surface area contributed by atoms with Crippen molar-refractivity contribution in [1.29, 1.82) is 0 Å². The second-order valence-electron chi connectivity index (χ2n) is 5.25. The Morgan fingerprint density at radius 2 is 2.16 bits per heavy atom. The van der Waals surface area contributed by atoms with Crippen LogP contribution in [0.4, 0.5) is 5.69 Å². The number of hydrogen-bond donors (Lipinski definition) is 1. The van der Waals surface area contributed by atoms with Gasteiger partial charge in [-0.15, -0.1) is 0 Å². The van der Waals surface area contributed by atoms with Gasteiger partial charge in [0.25, 0.3) is 0 Å². The second-order valence-corrected chi connectivity index (χ2v) is 5.25. The maximum atomic E-state index is 11.6. The third kappa shape index (κ3) is 3.33. The molecule has 104 valence electrons. The zero-order valence-electron chi connectivity index (χ0n) is 12.1. The summed E-state index contributed by atoms with van der Waals surface area (Å²) in [7, 11) is 5.96. The van der Waals surface area contributed by atoms with Crippen LogP contribution in [0.15, 0.2) is 18.2 Å². The maximum Gasteiger partial charge on any atom is 0.231 e. The van der Waals surface area contributed by atoms with E-state index in [1.807, 2.05) is 14.1 Å². The summed E-state index contributed by atoms with van der Waals surface area (Å²) in [6.45, 7) is 3.12.